The van der Waals surface area contributed by atoms with Crippen molar-refractivity contribution in [3.8, 4) is 22.3 Å². The van der Waals surface area contributed by atoms with Gasteiger partial charge in [-0.25, -0.2) is 0 Å². The lowest BCUT2D eigenvalue weighted by Gasteiger charge is -2.31. The van der Waals surface area contributed by atoms with Gasteiger partial charge >= 0.3 is 0 Å². The molecule has 2 aliphatic carbocycles. The molecule has 8 aromatic carbocycles. The highest BCUT2D eigenvalue weighted by Crippen LogP contribution is 2.56. The lowest BCUT2D eigenvalue weighted by Crippen LogP contribution is -2.17. The van der Waals surface area contributed by atoms with E-state index in [0.29, 0.717) is 0 Å². The Labute approximate surface area is 288 Å². The topological polar surface area (TPSA) is 3.24 Å². The van der Waals surface area contributed by atoms with Crippen LogP contribution in [0.25, 0.3) is 54.6 Å². The summed E-state index contributed by atoms with van der Waals surface area (Å²) in [4.78, 5) is 2.56. The van der Waals surface area contributed by atoms with Crippen LogP contribution in [0, 0.1) is 0 Å². The quantitative estimate of drug-likeness (QED) is 0.176. The van der Waals surface area contributed by atoms with Crippen molar-refractivity contribution in [3.05, 3.63) is 174 Å². The number of hydrogen-bond donors (Lipinski definition) is 0. The lowest BCUT2D eigenvalue weighted by atomic mass is 9.82. The van der Waals surface area contributed by atoms with Gasteiger partial charge in [0.15, 0.2) is 0 Å². The van der Waals surface area contributed by atoms with Crippen molar-refractivity contribution in [3.63, 3.8) is 0 Å². The maximum atomic E-state index is 2.56. The molecule has 1 heteroatoms. The zero-order valence-corrected chi connectivity index (χ0v) is 28.4. The van der Waals surface area contributed by atoms with Gasteiger partial charge in [0, 0.05) is 27.5 Å². The Hall–Kier alpha value is -5.66. The summed E-state index contributed by atoms with van der Waals surface area (Å²) in [6, 6.07) is 56.9. The van der Waals surface area contributed by atoms with Crippen LogP contribution in [-0.4, -0.2) is 0 Å². The second kappa shape index (κ2) is 9.94. The van der Waals surface area contributed by atoms with E-state index in [1.165, 1.54) is 93.9 Å². The Morgan fingerprint density at radius 3 is 1.80 bits per heavy atom. The fourth-order valence-electron chi connectivity index (χ4n) is 9.22. The van der Waals surface area contributed by atoms with Gasteiger partial charge in [0.05, 0.1) is 11.4 Å². The van der Waals surface area contributed by atoms with Crippen LogP contribution < -0.4 is 4.90 Å². The average molecular weight is 628 g/mol. The van der Waals surface area contributed by atoms with Gasteiger partial charge < -0.3 is 4.90 Å². The number of hydrogen-bond acceptors (Lipinski definition) is 1. The van der Waals surface area contributed by atoms with Gasteiger partial charge in [-0.3, -0.25) is 0 Å². The van der Waals surface area contributed by atoms with Crippen molar-refractivity contribution < 1.29 is 0 Å². The van der Waals surface area contributed by atoms with E-state index < -0.39 is 0 Å². The summed E-state index contributed by atoms with van der Waals surface area (Å²) in [5.74, 6) is 0. The fourth-order valence-corrected chi connectivity index (χ4v) is 9.22. The Morgan fingerprint density at radius 1 is 0.388 bits per heavy atom. The molecular formula is C48H37N. The van der Waals surface area contributed by atoms with Crippen molar-refractivity contribution in [2.45, 2.75) is 38.5 Å². The second-order valence-electron chi connectivity index (χ2n) is 14.9. The molecule has 0 aliphatic heterocycles. The molecule has 0 aromatic heterocycles. The third kappa shape index (κ3) is 3.82. The monoisotopic (exact) mass is 627 g/mol. The van der Waals surface area contributed by atoms with Crippen LogP contribution >= 0.6 is 0 Å². The molecule has 0 unspecified atom stereocenters. The normalized spacial score (nSPS) is 14.9. The first-order valence-corrected chi connectivity index (χ1v) is 17.5. The maximum absolute atomic E-state index is 2.56. The second-order valence-corrected chi connectivity index (χ2v) is 14.9. The summed E-state index contributed by atoms with van der Waals surface area (Å²) in [6.07, 6.45) is 0. The third-order valence-corrected chi connectivity index (χ3v) is 11.6. The first-order chi connectivity index (χ1) is 23.8. The summed E-state index contributed by atoms with van der Waals surface area (Å²) in [7, 11) is 0. The van der Waals surface area contributed by atoms with Crippen LogP contribution in [0.1, 0.15) is 49.9 Å². The number of anilines is 3. The predicted molar refractivity (Wildman–Crippen MR) is 209 cm³/mol. The standard InChI is InChI=1S/C48H37N/c1-47(2)39-20-11-9-16-34(39)38-29-32(26-27-41(38)47)49(43-23-13-22-42-46(43)37-19-10-12-21-40(37)48(42,3)4)44-28-31-25-24-30-14-5-6-15-33(30)45(31)36-18-8-7-17-35(36)44/h5-29H,1-4H3. The highest BCUT2D eigenvalue weighted by Gasteiger charge is 2.39. The number of rotatable bonds is 3. The molecule has 0 fully saturated rings. The average Bonchev–Trinajstić information content (AvgIpc) is 3.51. The molecule has 0 amide bonds. The van der Waals surface area contributed by atoms with Crippen molar-refractivity contribution in [2.75, 3.05) is 4.90 Å². The van der Waals surface area contributed by atoms with E-state index >= 15 is 0 Å². The third-order valence-electron chi connectivity index (χ3n) is 11.6. The first-order valence-electron chi connectivity index (χ1n) is 17.5. The molecule has 0 atom stereocenters. The molecule has 10 rings (SSSR count). The van der Waals surface area contributed by atoms with E-state index in [1.54, 1.807) is 0 Å². The number of benzene rings is 8. The molecular weight excluding hydrogens is 591 g/mol. The van der Waals surface area contributed by atoms with Crippen LogP contribution in [0.2, 0.25) is 0 Å². The Kier molecular flexibility index (Phi) is 5.75. The van der Waals surface area contributed by atoms with Gasteiger partial charge in [0.25, 0.3) is 0 Å². The molecule has 0 N–H and O–H groups in total. The van der Waals surface area contributed by atoms with Crippen molar-refractivity contribution in [2.24, 2.45) is 0 Å². The molecule has 0 saturated carbocycles. The van der Waals surface area contributed by atoms with Crippen molar-refractivity contribution >= 4 is 49.4 Å². The van der Waals surface area contributed by atoms with E-state index in [2.05, 4.69) is 184 Å². The van der Waals surface area contributed by atoms with Crippen LogP contribution in [-0.2, 0) is 10.8 Å². The van der Waals surface area contributed by atoms with Crippen LogP contribution in [0.3, 0.4) is 0 Å². The van der Waals surface area contributed by atoms with E-state index in [4.69, 9.17) is 0 Å². The maximum Gasteiger partial charge on any atom is 0.0546 e. The lowest BCUT2D eigenvalue weighted by molar-refractivity contribution is 0.660. The van der Waals surface area contributed by atoms with Gasteiger partial charge in [-0.1, -0.05) is 155 Å². The van der Waals surface area contributed by atoms with Gasteiger partial charge in [-0.15, -0.1) is 0 Å². The highest BCUT2D eigenvalue weighted by atomic mass is 15.1. The van der Waals surface area contributed by atoms with Crippen LogP contribution in [0.4, 0.5) is 17.1 Å². The summed E-state index contributed by atoms with van der Waals surface area (Å²) in [5, 5.41) is 7.64. The van der Waals surface area contributed by atoms with Gasteiger partial charge in [-0.05, 0) is 90.1 Å². The smallest absolute Gasteiger partial charge is 0.0546 e. The molecule has 234 valence electrons. The molecule has 8 aromatic rings. The van der Waals surface area contributed by atoms with E-state index in [1.807, 2.05) is 0 Å². The predicted octanol–water partition coefficient (Wildman–Crippen LogP) is 13.2. The number of nitrogens with zero attached hydrogens (tertiary/aromatic N) is 1. The summed E-state index contributed by atoms with van der Waals surface area (Å²) < 4.78 is 0. The van der Waals surface area contributed by atoms with Crippen LogP contribution in [0.15, 0.2) is 152 Å². The Morgan fingerprint density at radius 2 is 0.980 bits per heavy atom. The summed E-state index contributed by atoms with van der Waals surface area (Å²) >= 11 is 0. The SMILES string of the molecule is CC1(C)c2ccccc2-c2cc(N(c3cccc4c3-c3ccccc3C4(C)C)c3cc4ccc5ccccc5c4c4ccccc34)ccc21. The molecule has 0 heterocycles. The van der Waals surface area contributed by atoms with E-state index in [0.717, 1.165) is 0 Å². The minimum Gasteiger partial charge on any atom is -0.309 e. The van der Waals surface area contributed by atoms with Gasteiger partial charge in [0.1, 0.15) is 0 Å². The Bertz CT molecular complexity index is 2670. The molecule has 0 bridgehead atoms. The molecule has 0 radical (unpaired) electrons. The minimum atomic E-state index is -0.0983. The van der Waals surface area contributed by atoms with E-state index in [-0.39, 0.29) is 10.8 Å². The fraction of sp³-hybridized carbons (Fsp3) is 0.125. The van der Waals surface area contributed by atoms with Crippen molar-refractivity contribution in [1.82, 2.24) is 0 Å². The molecule has 1 nitrogen and oxygen atoms in total. The summed E-state index contributed by atoms with van der Waals surface area (Å²) in [6.45, 7) is 9.46. The van der Waals surface area contributed by atoms with Crippen molar-refractivity contribution in [1.29, 1.82) is 0 Å². The highest BCUT2D eigenvalue weighted by molar-refractivity contribution is 6.24. The van der Waals surface area contributed by atoms with E-state index in [9.17, 15) is 0 Å². The molecule has 0 saturated heterocycles. The van der Waals surface area contributed by atoms with Gasteiger partial charge in [-0.2, -0.15) is 0 Å². The zero-order chi connectivity index (χ0) is 33.1. The van der Waals surface area contributed by atoms with Gasteiger partial charge in [0.2, 0.25) is 0 Å². The first kappa shape index (κ1) is 28.4. The molecule has 0 spiro atoms. The zero-order valence-electron chi connectivity index (χ0n) is 28.4. The largest absolute Gasteiger partial charge is 0.309 e. The Balaban J connectivity index is 1.33. The molecule has 2 aliphatic rings. The minimum absolute atomic E-state index is 0.0526. The van der Waals surface area contributed by atoms with Crippen LogP contribution in [0.5, 0.6) is 0 Å². The molecule has 49 heavy (non-hydrogen) atoms. The number of fused-ring (bicyclic) bond motifs is 11. The summed E-state index contributed by atoms with van der Waals surface area (Å²) in [5.41, 5.74) is 14.3.